The van der Waals surface area contributed by atoms with Gasteiger partial charge in [-0.1, -0.05) is 69.3 Å². The standard InChI is InChI=1S/C19H18O/c1-19(2,3)18(20)17-12-13-8-4-5-9-14(13)15-10-6-7-11-16(15)17/h4-12H,1-3H3. The van der Waals surface area contributed by atoms with Crippen LogP contribution in [0.15, 0.2) is 54.6 Å². The van der Waals surface area contributed by atoms with Gasteiger partial charge >= 0.3 is 0 Å². The van der Waals surface area contributed by atoms with Gasteiger partial charge in [0.05, 0.1) is 0 Å². The van der Waals surface area contributed by atoms with Crippen molar-refractivity contribution in [3.63, 3.8) is 0 Å². The molecule has 0 saturated carbocycles. The fourth-order valence-electron chi connectivity index (χ4n) is 2.65. The second-order valence-electron chi connectivity index (χ2n) is 6.27. The SMILES string of the molecule is CC(C)(C)C(=O)c1cc2ccccc2c2ccccc12. The minimum absolute atomic E-state index is 0.194. The third kappa shape index (κ3) is 2.00. The number of fused-ring (bicyclic) bond motifs is 3. The Morgan fingerprint density at radius 3 is 2.00 bits per heavy atom. The molecule has 0 aliphatic carbocycles. The van der Waals surface area contributed by atoms with E-state index in [1.165, 1.54) is 5.39 Å². The van der Waals surface area contributed by atoms with Crippen molar-refractivity contribution in [3.05, 3.63) is 60.2 Å². The van der Waals surface area contributed by atoms with E-state index in [2.05, 4.69) is 18.2 Å². The minimum atomic E-state index is -0.370. The number of hydrogen-bond acceptors (Lipinski definition) is 1. The van der Waals surface area contributed by atoms with Gasteiger partial charge in [0, 0.05) is 11.0 Å². The highest BCUT2D eigenvalue weighted by atomic mass is 16.1. The van der Waals surface area contributed by atoms with Gasteiger partial charge in [-0.3, -0.25) is 4.79 Å². The van der Waals surface area contributed by atoms with Gasteiger partial charge in [-0.2, -0.15) is 0 Å². The van der Waals surface area contributed by atoms with E-state index in [1.54, 1.807) is 0 Å². The number of benzene rings is 3. The van der Waals surface area contributed by atoms with Crippen molar-refractivity contribution in [2.24, 2.45) is 5.41 Å². The predicted molar refractivity (Wildman–Crippen MR) is 85.2 cm³/mol. The van der Waals surface area contributed by atoms with E-state index in [4.69, 9.17) is 0 Å². The van der Waals surface area contributed by atoms with Gasteiger partial charge in [-0.25, -0.2) is 0 Å². The molecule has 0 heterocycles. The highest BCUT2D eigenvalue weighted by Gasteiger charge is 2.24. The van der Waals surface area contributed by atoms with Gasteiger partial charge in [0.2, 0.25) is 0 Å². The number of ketones is 1. The highest BCUT2D eigenvalue weighted by molar-refractivity contribution is 6.18. The van der Waals surface area contributed by atoms with Crippen LogP contribution >= 0.6 is 0 Å². The molecule has 3 rings (SSSR count). The maximum Gasteiger partial charge on any atom is 0.168 e. The van der Waals surface area contributed by atoms with Crippen LogP contribution in [0.5, 0.6) is 0 Å². The Balaban J connectivity index is 2.44. The van der Waals surface area contributed by atoms with Crippen LogP contribution in [0.4, 0.5) is 0 Å². The Bertz CT molecular complexity index is 807. The molecular weight excluding hydrogens is 244 g/mol. The summed E-state index contributed by atoms with van der Waals surface area (Å²) in [5.41, 5.74) is 0.456. The first-order chi connectivity index (χ1) is 9.48. The van der Waals surface area contributed by atoms with Crippen molar-refractivity contribution in [1.82, 2.24) is 0 Å². The number of rotatable bonds is 1. The van der Waals surface area contributed by atoms with Crippen molar-refractivity contribution < 1.29 is 4.79 Å². The molecule has 0 aliphatic rings. The summed E-state index contributed by atoms with van der Waals surface area (Å²) in [6.45, 7) is 5.91. The van der Waals surface area contributed by atoms with Crippen LogP contribution in [0.2, 0.25) is 0 Å². The molecule has 3 aromatic rings. The molecule has 1 heteroatoms. The molecule has 0 radical (unpaired) electrons. The van der Waals surface area contributed by atoms with Gasteiger partial charge in [-0.05, 0) is 27.6 Å². The van der Waals surface area contributed by atoms with Crippen LogP contribution in [0.1, 0.15) is 31.1 Å². The summed E-state index contributed by atoms with van der Waals surface area (Å²) in [7, 11) is 0. The fourth-order valence-corrected chi connectivity index (χ4v) is 2.65. The zero-order valence-corrected chi connectivity index (χ0v) is 12.1. The normalized spacial score (nSPS) is 11.9. The molecule has 0 spiro atoms. The number of hydrogen-bond donors (Lipinski definition) is 0. The molecule has 0 aliphatic heterocycles. The van der Waals surface area contributed by atoms with Crippen LogP contribution in [0.25, 0.3) is 21.5 Å². The van der Waals surface area contributed by atoms with E-state index >= 15 is 0 Å². The van der Waals surface area contributed by atoms with Crippen LogP contribution in [-0.2, 0) is 0 Å². The molecule has 0 fully saturated rings. The number of carbonyl (C=O) groups excluding carboxylic acids is 1. The lowest BCUT2D eigenvalue weighted by molar-refractivity contribution is 0.0860. The van der Waals surface area contributed by atoms with E-state index in [1.807, 2.05) is 57.2 Å². The summed E-state index contributed by atoms with van der Waals surface area (Å²) < 4.78 is 0. The quantitative estimate of drug-likeness (QED) is 0.434. The first-order valence-corrected chi connectivity index (χ1v) is 6.94. The lowest BCUT2D eigenvalue weighted by Gasteiger charge is -2.19. The van der Waals surface area contributed by atoms with Gasteiger partial charge in [-0.15, -0.1) is 0 Å². The van der Waals surface area contributed by atoms with Crippen LogP contribution < -0.4 is 0 Å². The lowest BCUT2D eigenvalue weighted by Crippen LogP contribution is -2.20. The second-order valence-corrected chi connectivity index (χ2v) is 6.27. The number of carbonyl (C=O) groups is 1. The molecule has 100 valence electrons. The Hall–Kier alpha value is -2.15. The van der Waals surface area contributed by atoms with Crippen molar-refractivity contribution in [2.45, 2.75) is 20.8 Å². The first kappa shape index (κ1) is 12.9. The average molecular weight is 262 g/mol. The molecule has 0 bridgehead atoms. The fraction of sp³-hybridized carbons (Fsp3) is 0.211. The van der Waals surface area contributed by atoms with E-state index in [-0.39, 0.29) is 11.2 Å². The molecule has 0 aromatic heterocycles. The molecule has 1 nitrogen and oxygen atoms in total. The second kappa shape index (κ2) is 4.45. The molecule has 0 unspecified atom stereocenters. The molecule has 0 amide bonds. The van der Waals surface area contributed by atoms with Gasteiger partial charge in [0.25, 0.3) is 0 Å². The van der Waals surface area contributed by atoms with E-state index in [0.29, 0.717) is 0 Å². The summed E-state index contributed by atoms with van der Waals surface area (Å²) in [6, 6.07) is 18.4. The van der Waals surface area contributed by atoms with Crippen molar-refractivity contribution in [1.29, 1.82) is 0 Å². The van der Waals surface area contributed by atoms with Gasteiger partial charge < -0.3 is 0 Å². The van der Waals surface area contributed by atoms with Crippen molar-refractivity contribution in [2.75, 3.05) is 0 Å². The third-order valence-corrected chi connectivity index (χ3v) is 3.69. The first-order valence-electron chi connectivity index (χ1n) is 6.94. The molecule has 3 aromatic carbocycles. The van der Waals surface area contributed by atoms with Crippen molar-refractivity contribution >= 4 is 27.3 Å². The van der Waals surface area contributed by atoms with Gasteiger partial charge in [0.15, 0.2) is 5.78 Å². The maximum absolute atomic E-state index is 12.7. The number of Topliss-reactive ketones (excluding diaryl/α,β-unsaturated/α-hetero) is 1. The topological polar surface area (TPSA) is 17.1 Å². The molecule has 0 N–H and O–H groups in total. The Kier molecular flexibility index (Phi) is 2.86. The Morgan fingerprint density at radius 2 is 1.35 bits per heavy atom. The summed E-state index contributed by atoms with van der Waals surface area (Å²) in [5.74, 6) is 0.194. The van der Waals surface area contributed by atoms with Crippen LogP contribution in [0, 0.1) is 5.41 Å². The zero-order valence-electron chi connectivity index (χ0n) is 12.1. The van der Waals surface area contributed by atoms with Crippen LogP contribution in [0.3, 0.4) is 0 Å². The maximum atomic E-state index is 12.7. The van der Waals surface area contributed by atoms with Gasteiger partial charge in [0.1, 0.15) is 0 Å². The summed E-state index contributed by atoms with van der Waals surface area (Å²) >= 11 is 0. The van der Waals surface area contributed by atoms with Crippen molar-refractivity contribution in [3.8, 4) is 0 Å². The zero-order chi connectivity index (χ0) is 14.3. The van der Waals surface area contributed by atoms with E-state index in [0.717, 1.165) is 21.7 Å². The smallest absolute Gasteiger partial charge is 0.168 e. The largest absolute Gasteiger partial charge is 0.294 e. The summed E-state index contributed by atoms with van der Waals surface area (Å²) in [6.07, 6.45) is 0. The van der Waals surface area contributed by atoms with E-state index < -0.39 is 0 Å². The lowest BCUT2D eigenvalue weighted by atomic mass is 9.83. The Morgan fingerprint density at radius 1 is 0.800 bits per heavy atom. The predicted octanol–water partition coefficient (Wildman–Crippen LogP) is 5.22. The van der Waals surface area contributed by atoms with E-state index in [9.17, 15) is 4.79 Å². The molecule has 0 atom stereocenters. The summed E-state index contributed by atoms with van der Waals surface area (Å²) in [4.78, 5) is 12.7. The average Bonchev–Trinajstić information content (AvgIpc) is 2.44. The minimum Gasteiger partial charge on any atom is -0.294 e. The molecular formula is C19H18O. The molecule has 20 heavy (non-hydrogen) atoms. The molecule has 0 saturated heterocycles. The monoisotopic (exact) mass is 262 g/mol. The highest BCUT2D eigenvalue weighted by Crippen LogP contribution is 2.32. The Labute approximate surface area is 119 Å². The third-order valence-electron chi connectivity index (χ3n) is 3.69. The summed E-state index contributed by atoms with van der Waals surface area (Å²) in [5, 5.41) is 4.52. The van der Waals surface area contributed by atoms with Crippen LogP contribution in [-0.4, -0.2) is 5.78 Å².